The monoisotopic (exact) mass is 368 g/mol. The Morgan fingerprint density at radius 1 is 1.41 bits per heavy atom. The molecule has 142 valence electrons. The van der Waals surface area contributed by atoms with E-state index in [-0.39, 0.29) is 12.5 Å². The Hall–Kier alpha value is -2.74. The second-order valence-electron chi connectivity index (χ2n) is 7.25. The number of rotatable bonds is 5. The summed E-state index contributed by atoms with van der Waals surface area (Å²) in [6.45, 7) is 4.16. The molecule has 0 saturated carbocycles. The average molecular weight is 368 g/mol. The number of carbonyl (C=O) groups excluding carboxylic acids is 1. The van der Waals surface area contributed by atoms with Gasteiger partial charge in [0, 0.05) is 32.0 Å². The van der Waals surface area contributed by atoms with Crippen LogP contribution in [-0.4, -0.2) is 53.4 Å². The van der Waals surface area contributed by atoms with Crippen LogP contribution in [0.15, 0.2) is 30.7 Å². The van der Waals surface area contributed by atoms with Gasteiger partial charge in [-0.05, 0) is 37.3 Å². The van der Waals surface area contributed by atoms with E-state index in [0.717, 1.165) is 42.8 Å². The van der Waals surface area contributed by atoms with Gasteiger partial charge in [-0.2, -0.15) is 0 Å². The molecule has 1 N–H and O–H groups in total. The Morgan fingerprint density at radius 2 is 2.30 bits per heavy atom. The summed E-state index contributed by atoms with van der Waals surface area (Å²) in [5.41, 5.74) is 3.50. The number of fused-ring (bicyclic) bond motifs is 1. The molecule has 1 atom stereocenters. The van der Waals surface area contributed by atoms with Crippen LogP contribution < -0.4 is 0 Å². The molecule has 0 spiro atoms. The fourth-order valence-corrected chi connectivity index (χ4v) is 3.81. The molecule has 4 heterocycles. The van der Waals surface area contributed by atoms with Crippen molar-refractivity contribution in [3.63, 3.8) is 0 Å². The van der Waals surface area contributed by atoms with Crippen molar-refractivity contribution in [1.29, 1.82) is 0 Å². The molecule has 0 radical (unpaired) electrons. The Kier molecular flexibility index (Phi) is 4.89. The number of hydrogen-bond donors (Lipinski definition) is 1. The molecule has 1 fully saturated rings. The third-order valence-electron chi connectivity index (χ3n) is 5.20. The third-order valence-corrected chi connectivity index (χ3v) is 5.20. The number of amides is 1. The van der Waals surface area contributed by atoms with Gasteiger partial charge in [-0.15, -0.1) is 5.10 Å². The van der Waals surface area contributed by atoms with Gasteiger partial charge in [-0.25, -0.2) is 4.98 Å². The Bertz CT molecular complexity index is 947. The highest BCUT2D eigenvalue weighted by Gasteiger charge is 2.25. The number of aliphatic hydroxyl groups excluding tert-OH is 1. The number of carbonyl (C=O) groups is 1. The highest BCUT2D eigenvalue weighted by atomic mass is 16.3. The number of aryl methyl sites for hydroxylation is 1. The largest absolute Gasteiger partial charge is 0.390 e. The smallest absolute Gasteiger partial charge is 0.228 e. The van der Waals surface area contributed by atoms with E-state index >= 15 is 0 Å². The molecule has 4 rings (SSSR count). The van der Waals surface area contributed by atoms with Crippen molar-refractivity contribution in [2.24, 2.45) is 5.92 Å². The fraction of sp³-hybridized carbons (Fsp3) is 0.474. The van der Waals surface area contributed by atoms with Crippen LogP contribution >= 0.6 is 0 Å². The second-order valence-corrected chi connectivity index (χ2v) is 7.25. The van der Waals surface area contributed by atoms with E-state index in [4.69, 9.17) is 5.11 Å². The van der Waals surface area contributed by atoms with Gasteiger partial charge >= 0.3 is 0 Å². The zero-order valence-corrected chi connectivity index (χ0v) is 15.5. The summed E-state index contributed by atoms with van der Waals surface area (Å²) in [7, 11) is 0. The normalized spacial score (nSPS) is 17.6. The van der Waals surface area contributed by atoms with Crippen molar-refractivity contribution in [2.45, 2.75) is 39.3 Å². The number of aromatic nitrogens is 5. The molecule has 1 aliphatic rings. The molecule has 1 unspecified atom stereocenters. The number of likely N-dealkylation sites (tertiary alicyclic amines) is 1. The summed E-state index contributed by atoms with van der Waals surface area (Å²) >= 11 is 0. The lowest BCUT2D eigenvalue weighted by atomic mass is 9.97. The Labute approximate surface area is 157 Å². The van der Waals surface area contributed by atoms with Gasteiger partial charge in [0.2, 0.25) is 5.91 Å². The van der Waals surface area contributed by atoms with Crippen LogP contribution in [-0.2, 0) is 24.4 Å². The van der Waals surface area contributed by atoms with Gasteiger partial charge in [-0.1, -0.05) is 11.3 Å². The molecule has 8 heteroatoms. The quantitative estimate of drug-likeness (QED) is 0.731. The van der Waals surface area contributed by atoms with E-state index in [2.05, 4.69) is 15.3 Å². The Morgan fingerprint density at radius 3 is 3.11 bits per heavy atom. The molecule has 3 aromatic heterocycles. The highest BCUT2D eigenvalue weighted by molar-refractivity contribution is 5.78. The first-order valence-corrected chi connectivity index (χ1v) is 9.33. The maximum Gasteiger partial charge on any atom is 0.228 e. The third kappa shape index (κ3) is 3.71. The van der Waals surface area contributed by atoms with Crippen LogP contribution in [0.1, 0.15) is 29.8 Å². The first kappa shape index (κ1) is 17.7. The zero-order chi connectivity index (χ0) is 18.8. The Balaban J connectivity index is 1.41. The van der Waals surface area contributed by atoms with Gasteiger partial charge < -0.3 is 14.4 Å². The van der Waals surface area contributed by atoms with Crippen LogP contribution in [0.3, 0.4) is 0 Å². The number of nitrogens with zero attached hydrogens (tertiary/aromatic N) is 6. The summed E-state index contributed by atoms with van der Waals surface area (Å²) in [6.07, 6.45) is 7.93. The lowest BCUT2D eigenvalue weighted by Crippen LogP contribution is -2.42. The second kappa shape index (κ2) is 7.48. The number of hydrogen-bond acceptors (Lipinski definition) is 5. The summed E-state index contributed by atoms with van der Waals surface area (Å²) < 4.78 is 3.76. The molecule has 27 heavy (non-hydrogen) atoms. The van der Waals surface area contributed by atoms with Crippen molar-refractivity contribution in [3.8, 4) is 0 Å². The van der Waals surface area contributed by atoms with E-state index in [1.807, 2.05) is 34.6 Å². The van der Waals surface area contributed by atoms with E-state index in [9.17, 15) is 4.79 Å². The zero-order valence-electron chi connectivity index (χ0n) is 15.5. The number of aliphatic hydroxyl groups is 1. The number of imidazole rings is 1. The van der Waals surface area contributed by atoms with Crippen LogP contribution in [0.5, 0.6) is 0 Å². The predicted molar refractivity (Wildman–Crippen MR) is 98.9 cm³/mol. The van der Waals surface area contributed by atoms with Gasteiger partial charge in [0.25, 0.3) is 0 Å². The minimum absolute atomic E-state index is 0.103. The van der Waals surface area contributed by atoms with Crippen molar-refractivity contribution in [2.75, 3.05) is 13.1 Å². The van der Waals surface area contributed by atoms with E-state index < -0.39 is 0 Å². The lowest BCUT2D eigenvalue weighted by molar-refractivity contribution is -0.132. The molecule has 3 aromatic rings. The summed E-state index contributed by atoms with van der Waals surface area (Å²) in [6, 6.07) is 4.00. The fourth-order valence-electron chi connectivity index (χ4n) is 3.81. The minimum atomic E-state index is -0.103. The number of pyridine rings is 1. The molecule has 0 aliphatic carbocycles. The van der Waals surface area contributed by atoms with Crippen LogP contribution in [0.25, 0.3) is 5.65 Å². The molecule has 0 aromatic carbocycles. The standard InChI is InChI=1S/C19H24N6O2/c1-14-4-2-7-25-17(9-20-19(14)25)8-18(27)23-6-3-5-15(10-23)11-24-12-16(13-26)21-22-24/h2,4,7,9,12,15,26H,3,5-6,8,10-11,13H2,1H3. The van der Waals surface area contributed by atoms with Crippen LogP contribution in [0.4, 0.5) is 0 Å². The van der Waals surface area contributed by atoms with Crippen molar-refractivity contribution < 1.29 is 9.90 Å². The molecule has 0 bridgehead atoms. The van der Waals surface area contributed by atoms with E-state index in [1.165, 1.54) is 0 Å². The van der Waals surface area contributed by atoms with Gasteiger partial charge in [0.05, 0.1) is 24.9 Å². The molecule has 1 amide bonds. The van der Waals surface area contributed by atoms with Crippen LogP contribution in [0, 0.1) is 12.8 Å². The highest BCUT2D eigenvalue weighted by Crippen LogP contribution is 2.20. The summed E-state index contributed by atoms with van der Waals surface area (Å²) in [5, 5.41) is 17.1. The first-order valence-electron chi connectivity index (χ1n) is 9.33. The first-order chi connectivity index (χ1) is 13.1. The maximum atomic E-state index is 12.9. The van der Waals surface area contributed by atoms with E-state index in [1.54, 1.807) is 17.1 Å². The van der Waals surface area contributed by atoms with Crippen molar-refractivity contribution in [1.82, 2.24) is 29.3 Å². The predicted octanol–water partition coefficient (Wildman–Crippen LogP) is 1.21. The average Bonchev–Trinajstić information content (AvgIpc) is 3.30. The van der Waals surface area contributed by atoms with Crippen molar-refractivity contribution in [3.05, 3.63) is 47.7 Å². The lowest BCUT2D eigenvalue weighted by Gasteiger charge is -2.32. The summed E-state index contributed by atoms with van der Waals surface area (Å²) in [5.74, 6) is 0.484. The molecule has 1 saturated heterocycles. The van der Waals surface area contributed by atoms with Crippen LogP contribution in [0.2, 0.25) is 0 Å². The minimum Gasteiger partial charge on any atom is -0.390 e. The van der Waals surface area contributed by atoms with Gasteiger partial charge in [0.1, 0.15) is 11.3 Å². The van der Waals surface area contributed by atoms with Crippen molar-refractivity contribution >= 4 is 11.6 Å². The van der Waals surface area contributed by atoms with Gasteiger partial charge in [0.15, 0.2) is 0 Å². The van der Waals surface area contributed by atoms with E-state index in [0.29, 0.717) is 24.6 Å². The molecule has 1 aliphatic heterocycles. The molecular formula is C19H24N6O2. The SMILES string of the molecule is Cc1cccn2c(CC(=O)N3CCCC(Cn4cc(CO)nn4)C3)cnc12. The van der Waals surface area contributed by atoms with Gasteiger partial charge in [-0.3, -0.25) is 9.48 Å². The maximum absolute atomic E-state index is 12.9. The molecule has 8 nitrogen and oxygen atoms in total. The number of piperidine rings is 1. The summed E-state index contributed by atoms with van der Waals surface area (Å²) in [4.78, 5) is 19.3. The molecular weight excluding hydrogens is 344 g/mol. The topological polar surface area (TPSA) is 88.5 Å².